The van der Waals surface area contributed by atoms with Crippen molar-refractivity contribution >= 4 is 21.6 Å². The highest BCUT2D eigenvalue weighted by molar-refractivity contribution is 7.89. The van der Waals surface area contributed by atoms with Crippen molar-refractivity contribution in [3.05, 3.63) is 28.8 Å². The van der Waals surface area contributed by atoms with Crippen LogP contribution < -0.4 is 5.73 Å². The molecule has 2 atom stereocenters. The molecule has 1 fully saturated rings. The molecule has 0 amide bonds. The molecular formula is C14H18ClF3N2O2S. The molecule has 9 heteroatoms. The van der Waals surface area contributed by atoms with Crippen molar-refractivity contribution < 1.29 is 21.6 Å². The van der Waals surface area contributed by atoms with Crippen molar-refractivity contribution in [3.63, 3.8) is 0 Å². The number of nitrogens with zero attached hydrogens (tertiary/aromatic N) is 1. The predicted molar refractivity (Wildman–Crippen MR) is 81.6 cm³/mol. The fraction of sp³-hybridized carbons (Fsp3) is 0.571. The number of piperidine rings is 1. The zero-order valence-electron chi connectivity index (χ0n) is 12.5. The van der Waals surface area contributed by atoms with Gasteiger partial charge in [-0.3, -0.25) is 0 Å². The first-order chi connectivity index (χ1) is 10.5. The number of halogens is 4. The van der Waals surface area contributed by atoms with Crippen LogP contribution in [0.4, 0.5) is 13.2 Å². The first kappa shape index (κ1) is 18.5. The first-order valence-corrected chi connectivity index (χ1v) is 9.01. The van der Waals surface area contributed by atoms with Crippen LogP contribution in [0.1, 0.15) is 31.7 Å². The second kappa shape index (κ2) is 6.58. The van der Waals surface area contributed by atoms with Gasteiger partial charge in [-0.05, 0) is 38.0 Å². The summed E-state index contributed by atoms with van der Waals surface area (Å²) in [6.07, 6.45) is -2.42. The van der Waals surface area contributed by atoms with E-state index in [-0.39, 0.29) is 23.5 Å². The number of hydrogen-bond donors (Lipinski definition) is 1. The topological polar surface area (TPSA) is 63.4 Å². The van der Waals surface area contributed by atoms with Crippen LogP contribution >= 0.6 is 11.6 Å². The Bertz CT molecular complexity index is 677. The monoisotopic (exact) mass is 370 g/mol. The predicted octanol–water partition coefficient (Wildman–Crippen LogP) is 3.25. The van der Waals surface area contributed by atoms with E-state index in [0.29, 0.717) is 18.9 Å². The summed E-state index contributed by atoms with van der Waals surface area (Å²) in [6, 6.07) is 1.52. The number of benzene rings is 1. The Morgan fingerprint density at radius 2 is 2.00 bits per heavy atom. The van der Waals surface area contributed by atoms with Crippen molar-refractivity contribution in [2.75, 3.05) is 6.54 Å². The summed E-state index contributed by atoms with van der Waals surface area (Å²) in [5.41, 5.74) is 4.88. The van der Waals surface area contributed by atoms with E-state index in [2.05, 4.69) is 0 Å². The SMILES string of the molecule is CC(N)C1CCCCN1S(=O)(=O)c1ccc(C(F)(F)F)cc1Cl. The maximum absolute atomic E-state index is 12.8. The largest absolute Gasteiger partial charge is 0.416 e. The third-order valence-electron chi connectivity index (χ3n) is 3.95. The van der Waals surface area contributed by atoms with E-state index >= 15 is 0 Å². The molecular weight excluding hydrogens is 353 g/mol. The summed E-state index contributed by atoms with van der Waals surface area (Å²) >= 11 is 5.83. The minimum absolute atomic E-state index is 0.284. The second-order valence-electron chi connectivity index (χ2n) is 5.68. The molecule has 1 aromatic rings. The molecule has 23 heavy (non-hydrogen) atoms. The van der Waals surface area contributed by atoms with Crippen LogP contribution in [0.15, 0.2) is 23.1 Å². The first-order valence-electron chi connectivity index (χ1n) is 7.19. The Hall–Kier alpha value is -0.830. The molecule has 130 valence electrons. The van der Waals surface area contributed by atoms with Crippen molar-refractivity contribution in [3.8, 4) is 0 Å². The Kier molecular flexibility index (Phi) is 5.30. The summed E-state index contributed by atoms with van der Waals surface area (Å²) < 4.78 is 64.9. The number of hydrogen-bond acceptors (Lipinski definition) is 3. The van der Waals surface area contributed by atoms with Gasteiger partial charge in [-0.15, -0.1) is 0 Å². The van der Waals surface area contributed by atoms with E-state index in [4.69, 9.17) is 17.3 Å². The number of nitrogens with two attached hydrogens (primary N) is 1. The van der Waals surface area contributed by atoms with Crippen LogP contribution in [0, 0.1) is 0 Å². The minimum Gasteiger partial charge on any atom is -0.326 e. The third kappa shape index (κ3) is 3.81. The van der Waals surface area contributed by atoms with Crippen molar-refractivity contribution in [1.29, 1.82) is 0 Å². The lowest BCUT2D eigenvalue weighted by molar-refractivity contribution is -0.137. The number of sulfonamides is 1. The maximum Gasteiger partial charge on any atom is 0.416 e. The Labute approximate surface area is 138 Å². The van der Waals surface area contributed by atoms with Gasteiger partial charge in [0.15, 0.2) is 0 Å². The van der Waals surface area contributed by atoms with E-state index in [1.54, 1.807) is 6.92 Å². The molecule has 0 radical (unpaired) electrons. The summed E-state index contributed by atoms with van der Waals surface area (Å²) in [4.78, 5) is -0.320. The highest BCUT2D eigenvalue weighted by Crippen LogP contribution is 2.35. The molecule has 1 aromatic carbocycles. The van der Waals surface area contributed by atoms with Crippen LogP contribution in [0.2, 0.25) is 5.02 Å². The smallest absolute Gasteiger partial charge is 0.326 e. The average Bonchev–Trinajstić information content (AvgIpc) is 2.45. The molecule has 0 bridgehead atoms. The molecule has 0 aromatic heterocycles. The molecule has 1 aliphatic heterocycles. The fourth-order valence-electron chi connectivity index (χ4n) is 2.77. The summed E-state index contributed by atoms with van der Waals surface area (Å²) in [5.74, 6) is 0. The molecule has 1 aliphatic rings. The minimum atomic E-state index is -4.58. The molecule has 0 spiro atoms. The van der Waals surface area contributed by atoms with Gasteiger partial charge in [-0.1, -0.05) is 18.0 Å². The summed E-state index contributed by atoms with van der Waals surface area (Å²) in [6.45, 7) is 2.00. The van der Waals surface area contributed by atoms with Crippen LogP contribution in [-0.2, 0) is 16.2 Å². The van der Waals surface area contributed by atoms with Gasteiger partial charge in [0.05, 0.1) is 10.6 Å². The molecule has 1 heterocycles. The fourth-order valence-corrected chi connectivity index (χ4v) is 5.06. The van der Waals surface area contributed by atoms with Gasteiger partial charge in [-0.2, -0.15) is 17.5 Å². The molecule has 2 rings (SSSR count). The summed E-state index contributed by atoms with van der Waals surface area (Å²) in [7, 11) is -4.00. The zero-order chi connectivity index (χ0) is 17.4. The third-order valence-corrected chi connectivity index (χ3v) is 6.36. The van der Waals surface area contributed by atoms with Crippen LogP contribution in [0.25, 0.3) is 0 Å². The molecule has 0 saturated carbocycles. The second-order valence-corrected chi connectivity index (χ2v) is 7.95. The van der Waals surface area contributed by atoms with E-state index in [9.17, 15) is 21.6 Å². The van der Waals surface area contributed by atoms with Gasteiger partial charge in [0, 0.05) is 18.6 Å². The maximum atomic E-state index is 12.8. The highest BCUT2D eigenvalue weighted by Gasteiger charge is 2.37. The van der Waals surface area contributed by atoms with Crippen molar-refractivity contribution in [2.24, 2.45) is 5.73 Å². The number of alkyl halides is 3. The number of rotatable bonds is 3. The van der Waals surface area contributed by atoms with Gasteiger partial charge < -0.3 is 5.73 Å². The van der Waals surface area contributed by atoms with E-state index in [0.717, 1.165) is 18.6 Å². The molecule has 2 N–H and O–H groups in total. The average molecular weight is 371 g/mol. The Balaban J connectivity index is 2.43. The molecule has 0 aliphatic carbocycles. The highest BCUT2D eigenvalue weighted by atomic mass is 35.5. The van der Waals surface area contributed by atoms with E-state index in [1.165, 1.54) is 4.31 Å². The van der Waals surface area contributed by atoms with Crippen molar-refractivity contribution in [1.82, 2.24) is 4.31 Å². The van der Waals surface area contributed by atoms with Gasteiger partial charge in [0.1, 0.15) is 4.90 Å². The molecule has 2 unspecified atom stereocenters. The quantitative estimate of drug-likeness (QED) is 0.888. The lowest BCUT2D eigenvalue weighted by Gasteiger charge is -2.37. The molecule has 4 nitrogen and oxygen atoms in total. The lowest BCUT2D eigenvalue weighted by Crippen LogP contribution is -2.51. The Morgan fingerprint density at radius 3 is 2.52 bits per heavy atom. The lowest BCUT2D eigenvalue weighted by atomic mass is 10.00. The van der Waals surface area contributed by atoms with Gasteiger partial charge in [0.2, 0.25) is 10.0 Å². The van der Waals surface area contributed by atoms with Crippen LogP contribution in [0.3, 0.4) is 0 Å². The standard InChI is InChI=1S/C14H18ClF3N2O2S/c1-9(19)12-4-2-3-7-20(12)23(21,22)13-6-5-10(8-11(13)15)14(16,17)18/h5-6,8-9,12H,2-4,7,19H2,1H3. The van der Waals surface area contributed by atoms with E-state index < -0.39 is 26.8 Å². The molecule has 1 saturated heterocycles. The van der Waals surface area contributed by atoms with Gasteiger partial charge in [-0.25, -0.2) is 8.42 Å². The normalized spacial score (nSPS) is 22.1. The van der Waals surface area contributed by atoms with E-state index in [1.807, 2.05) is 0 Å². The van der Waals surface area contributed by atoms with Crippen molar-refractivity contribution in [2.45, 2.75) is 49.3 Å². The summed E-state index contributed by atoms with van der Waals surface area (Å²) in [5, 5.41) is -0.436. The van der Waals surface area contributed by atoms with Crippen LogP contribution in [-0.4, -0.2) is 31.4 Å². The Morgan fingerprint density at radius 1 is 1.35 bits per heavy atom. The zero-order valence-corrected chi connectivity index (χ0v) is 14.0. The van der Waals surface area contributed by atoms with Gasteiger partial charge >= 0.3 is 6.18 Å². The van der Waals surface area contributed by atoms with Crippen LogP contribution in [0.5, 0.6) is 0 Å². The van der Waals surface area contributed by atoms with Gasteiger partial charge in [0.25, 0.3) is 0 Å².